The average molecular weight is 346 g/mol. The molecule has 1 aromatic heterocycles. The number of Topliss-reactive ketones (excluding diaryl/α,β-unsaturated/α-hetero) is 1. The van der Waals surface area contributed by atoms with E-state index in [9.17, 15) is 4.79 Å². The van der Waals surface area contributed by atoms with E-state index in [1.54, 1.807) is 12.1 Å². The van der Waals surface area contributed by atoms with Gasteiger partial charge in [0.25, 0.3) is 0 Å². The number of benzene rings is 1. The van der Waals surface area contributed by atoms with Gasteiger partial charge in [-0.05, 0) is 45.4 Å². The van der Waals surface area contributed by atoms with Crippen molar-refractivity contribution in [3.8, 4) is 0 Å². The zero-order valence-corrected chi connectivity index (χ0v) is 15.1. The van der Waals surface area contributed by atoms with E-state index in [-0.39, 0.29) is 11.7 Å². The summed E-state index contributed by atoms with van der Waals surface area (Å²) in [5, 5.41) is 5.14. The normalized spacial score (nSPS) is 18.7. The monoisotopic (exact) mass is 345 g/mol. The number of aromatic nitrogens is 2. The Morgan fingerprint density at radius 3 is 2.96 bits per heavy atom. The number of ketones is 1. The van der Waals surface area contributed by atoms with Gasteiger partial charge in [-0.1, -0.05) is 23.7 Å². The highest BCUT2D eigenvalue weighted by Crippen LogP contribution is 2.24. The number of carbonyl (C=O) groups is 1. The third kappa shape index (κ3) is 3.87. The van der Waals surface area contributed by atoms with Crippen LogP contribution in [0, 0.1) is 12.8 Å². The molecule has 0 N–H and O–H groups in total. The molecule has 0 radical (unpaired) electrons. The minimum absolute atomic E-state index is 0.0544. The first-order chi connectivity index (χ1) is 11.6. The molecule has 1 fully saturated rings. The largest absolute Gasteiger partial charge is 0.298 e. The maximum atomic E-state index is 12.8. The van der Waals surface area contributed by atoms with E-state index in [4.69, 9.17) is 11.6 Å². The Morgan fingerprint density at radius 1 is 1.42 bits per heavy atom. The van der Waals surface area contributed by atoms with Crippen molar-refractivity contribution in [2.24, 2.45) is 5.92 Å². The van der Waals surface area contributed by atoms with Crippen LogP contribution in [0.4, 0.5) is 0 Å². The van der Waals surface area contributed by atoms with Gasteiger partial charge < -0.3 is 0 Å². The molecule has 0 aliphatic carbocycles. The third-order valence-electron chi connectivity index (χ3n) is 4.75. The summed E-state index contributed by atoms with van der Waals surface area (Å²) in [5.41, 5.74) is 3.07. The van der Waals surface area contributed by atoms with Crippen LogP contribution in [0.2, 0.25) is 5.02 Å². The van der Waals surface area contributed by atoms with Crippen LogP contribution in [0.15, 0.2) is 30.5 Å². The first kappa shape index (κ1) is 17.2. The molecule has 2 heterocycles. The molecule has 0 saturated carbocycles. The number of piperidine rings is 1. The van der Waals surface area contributed by atoms with Crippen molar-refractivity contribution in [2.45, 2.75) is 39.8 Å². The summed E-state index contributed by atoms with van der Waals surface area (Å²) >= 11 is 6.03. The fourth-order valence-corrected chi connectivity index (χ4v) is 3.60. The van der Waals surface area contributed by atoms with E-state index < -0.39 is 0 Å². The number of likely N-dealkylation sites (tertiary alicyclic amines) is 1. The number of rotatable bonds is 5. The van der Waals surface area contributed by atoms with Gasteiger partial charge in [0.1, 0.15) is 0 Å². The highest BCUT2D eigenvalue weighted by Gasteiger charge is 2.27. The predicted molar refractivity (Wildman–Crippen MR) is 96.4 cm³/mol. The molecule has 2 aromatic rings. The van der Waals surface area contributed by atoms with Crippen LogP contribution >= 0.6 is 11.6 Å². The van der Waals surface area contributed by atoms with E-state index >= 15 is 0 Å². The van der Waals surface area contributed by atoms with Crippen LogP contribution in [-0.2, 0) is 13.1 Å². The minimum Gasteiger partial charge on any atom is -0.298 e. The molecular formula is C19H24ClN3O. The van der Waals surface area contributed by atoms with Crippen LogP contribution in [0.5, 0.6) is 0 Å². The van der Waals surface area contributed by atoms with E-state index in [0.29, 0.717) is 5.02 Å². The second kappa shape index (κ2) is 7.49. The summed E-state index contributed by atoms with van der Waals surface area (Å²) < 4.78 is 1.98. The van der Waals surface area contributed by atoms with Crippen molar-refractivity contribution >= 4 is 17.4 Å². The zero-order chi connectivity index (χ0) is 17.1. The number of carbonyl (C=O) groups excluding carboxylic acids is 1. The smallest absolute Gasteiger partial charge is 0.167 e. The SMILES string of the molecule is CCn1cc(CN2CCC[C@H](C(=O)c3cccc(Cl)c3)C2)c(C)n1. The Balaban J connectivity index is 1.67. The van der Waals surface area contributed by atoms with E-state index in [1.807, 2.05) is 16.8 Å². The van der Waals surface area contributed by atoms with Crippen molar-refractivity contribution < 1.29 is 4.79 Å². The van der Waals surface area contributed by atoms with Gasteiger partial charge in [-0.3, -0.25) is 14.4 Å². The molecular weight excluding hydrogens is 322 g/mol. The summed E-state index contributed by atoms with van der Waals surface area (Å²) in [6.45, 7) is 7.75. The molecule has 4 nitrogen and oxygen atoms in total. The summed E-state index contributed by atoms with van der Waals surface area (Å²) in [6.07, 6.45) is 4.13. The van der Waals surface area contributed by atoms with Gasteiger partial charge >= 0.3 is 0 Å². The van der Waals surface area contributed by atoms with Gasteiger partial charge in [-0.2, -0.15) is 5.10 Å². The Morgan fingerprint density at radius 2 is 2.25 bits per heavy atom. The second-order valence-corrected chi connectivity index (χ2v) is 6.98. The number of hydrogen-bond donors (Lipinski definition) is 0. The van der Waals surface area contributed by atoms with Gasteiger partial charge in [0.2, 0.25) is 0 Å². The fourth-order valence-electron chi connectivity index (χ4n) is 3.41. The topological polar surface area (TPSA) is 38.1 Å². The molecule has 0 spiro atoms. The van der Waals surface area contributed by atoms with E-state index in [0.717, 1.165) is 50.3 Å². The number of nitrogens with zero attached hydrogens (tertiary/aromatic N) is 3. The molecule has 24 heavy (non-hydrogen) atoms. The second-order valence-electron chi connectivity index (χ2n) is 6.54. The molecule has 1 aromatic carbocycles. The molecule has 1 aliphatic heterocycles. The first-order valence-corrected chi connectivity index (χ1v) is 8.99. The number of halogens is 1. The fraction of sp³-hybridized carbons (Fsp3) is 0.474. The van der Waals surface area contributed by atoms with Crippen LogP contribution in [0.25, 0.3) is 0 Å². The van der Waals surface area contributed by atoms with Crippen molar-refractivity contribution in [3.05, 3.63) is 52.3 Å². The molecule has 0 unspecified atom stereocenters. The van der Waals surface area contributed by atoms with E-state index in [2.05, 4.69) is 30.0 Å². The lowest BCUT2D eigenvalue weighted by atomic mass is 9.90. The quantitative estimate of drug-likeness (QED) is 0.770. The van der Waals surface area contributed by atoms with Gasteiger partial charge in [-0.15, -0.1) is 0 Å². The summed E-state index contributed by atoms with van der Waals surface area (Å²) in [4.78, 5) is 15.1. The molecule has 5 heteroatoms. The number of aryl methyl sites for hydroxylation is 2. The lowest BCUT2D eigenvalue weighted by molar-refractivity contribution is 0.0811. The van der Waals surface area contributed by atoms with Crippen LogP contribution in [0.1, 0.15) is 41.4 Å². The highest BCUT2D eigenvalue weighted by atomic mass is 35.5. The van der Waals surface area contributed by atoms with Crippen molar-refractivity contribution in [1.82, 2.24) is 14.7 Å². The maximum Gasteiger partial charge on any atom is 0.167 e. The molecule has 128 valence electrons. The Kier molecular flexibility index (Phi) is 5.36. The Labute approximate surface area is 148 Å². The van der Waals surface area contributed by atoms with Crippen molar-refractivity contribution in [2.75, 3.05) is 13.1 Å². The first-order valence-electron chi connectivity index (χ1n) is 8.62. The minimum atomic E-state index is 0.0544. The van der Waals surface area contributed by atoms with Gasteiger partial charge in [0.15, 0.2) is 5.78 Å². The summed E-state index contributed by atoms with van der Waals surface area (Å²) in [7, 11) is 0. The highest BCUT2D eigenvalue weighted by molar-refractivity contribution is 6.31. The maximum absolute atomic E-state index is 12.8. The average Bonchev–Trinajstić information content (AvgIpc) is 2.94. The Hall–Kier alpha value is -1.65. The molecule has 3 rings (SSSR count). The van der Waals surface area contributed by atoms with Crippen molar-refractivity contribution in [3.63, 3.8) is 0 Å². The van der Waals surface area contributed by atoms with Crippen molar-refractivity contribution in [1.29, 1.82) is 0 Å². The molecule has 1 atom stereocenters. The molecule has 1 aliphatic rings. The third-order valence-corrected chi connectivity index (χ3v) is 4.99. The summed E-state index contributed by atoms with van der Waals surface area (Å²) in [6, 6.07) is 7.29. The predicted octanol–water partition coefficient (Wildman–Crippen LogP) is 3.96. The standard InChI is InChI=1S/C19H24ClN3O/c1-3-23-13-17(14(2)21-23)12-22-9-5-7-16(11-22)19(24)15-6-4-8-18(20)10-15/h4,6,8,10,13,16H,3,5,7,9,11-12H2,1-2H3/t16-/m0/s1. The molecule has 0 amide bonds. The lowest BCUT2D eigenvalue weighted by Crippen LogP contribution is -2.38. The van der Waals surface area contributed by atoms with Crippen LogP contribution in [-0.4, -0.2) is 33.6 Å². The zero-order valence-electron chi connectivity index (χ0n) is 14.3. The number of hydrogen-bond acceptors (Lipinski definition) is 3. The molecule has 0 bridgehead atoms. The molecule has 1 saturated heterocycles. The van der Waals surface area contributed by atoms with Crippen LogP contribution in [0.3, 0.4) is 0 Å². The lowest BCUT2D eigenvalue weighted by Gasteiger charge is -2.31. The van der Waals surface area contributed by atoms with E-state index in [1.165, 1.54) is 5.56 Å². The van der Waals surface area contributed by atoms with Gasteiger partial charge in [0, 0.05) is 47.9 Å². The Bertz CT molecular complexity index is 725. The van der Waals surface area contributed by atoms with Gasteiger partial charge in [-0.25, -0.2) is 0 Å². The van der Waals surface area contributed by atoms with Gasteiger partial charge in [0.05, 0.1) is 5.69 Å². The summed E-state index contributed by atoms with van der Waals surface area (Å²) in [5.74, 6) is 0.266. The van der Waals surface area contributed by atoms with Crippen LogP contribution < -0.4 is 0 Å².